The predicted molar refractivity (Wildman–Crippen MR) is 409 cm³/mol. The number of amides is 2. The van der Waals surface area contributed by atoms with Gasteiger partial charge in [-0.05, 0) is 206 Å². The number of nitrogens with zero attached hydrogens (tertiary/aromatic N) is 3. The van der Waals surface area contributed by atoms with E-state index in [4.69, 9.17) is 50.2 Å². The normalized spacial score (nSPS) is 13.5. The Bertz CT molecular complexity index is 4150. The van der Waals surface area contributed by atoms with Crippen molar-refractivity contribution in [2.75, 3.05) is 39.5 Å². The molecule has 516 valence electrons. The van der Waals surface area contributed by atoms with Crippen molar-refractivity contribution in [3.05, 3.63) is 206 Å². The fraction of sp³-hybridized carbons (Fsp3) is 0.338. The Morgan fingerprint density at radius 1 is 0.531 bits per heavy atom. The van der Waals surface area contributed by atoms with Gasteiger partial charge >= 0.3 is 22.1 Å². The van der Waals surface area contributed by atoms with Gasteiger partial charge in [-0.25, -0.2) is 3.93 Å². The van der Waals surface area contributed by atoms with Gasteiger partial charge in [0, 0.05) is 56.5 Å². The lowest BCUT2D eigenvalue weighted by atomic mass is 10.0. The molecule has 6 aromatic carbocycles. The highest BCUT2D eigenvalue weighted by Gasteiger charge is 2.40. The molecule has 1 aliphatic heterocycles. The van der Waals surface area contributed by atoms with E-state index in [1.54, 1.807) is 105 Å². The molecule has 2 aromatic heterocycles. The van der Waals surface area contributed by atoms with E-state index in [1.165, 1.54) is 42.3 Å². The monoisotopic (exact) mass is 1600 g/mol. The highest BCUT2D eigenvalue weighted by molar-refractivity contribution is 9.08. The maximum absolute atomic E-state index is 13.6. The summed E-state index contributed by atoms with van der Waals surface area (Å²) < 4.78 is 60.8. The van der Waals surface area contributed by atoms with Gasteiger partial charge in [0.2, 0.25) is 11.8 Å². The molecule has 0 bridgehead atoms. The number of nitrogens with one attached hydrogen (secondary N) is 3. The second-order valence-electron chi connectivity index (χ2n) is 21.2. The summed E-state index contributed by atoms with van der Waals surface area (Å²) in [4.78, 5) is 62.8. The number of rotatable bonds is 22. The highest BCUT2D eigenvalue weighted by atomic mass is 79.9. The van der Waals surface area contributed by atoms with Gasteiger partial charge in [-0.3, -0.25) is 53.0 Å². The lowest BCUT2D eigenvalue weighted by molar-refractivity contribution is -0.131. The summed E-state index contributed by atoms with van der Waals surface area (Å²) in [5, 5.41) is 14.3. The van der Waals surface area contributed by atoms with Crippen LogP contribution < -0.4 is 15.9 Å². The standard InChI is InChI=1S/C20H21N2O3PS3.C18H20BrO3P.C18H21O3P.C6H15N.C4H4BrNO2.C2H2N2S3/c1-4-25-26(24,16-8-6-5-7-9-16)18(23)17-13(2)10-15(11-14(17)3)12-28-20-22-21-19(27)29-20;1-4-22-23(21,16-8-6-5-7-9-16)18(20)17-13(2)10-15(12-19)11-14(17)3;1-5-21-22(20,16-9-7-6-8-10-16)18(19)17-14(3)11-13(2)12-15(17)4;1-4-7(5-2)6-3;5-6-3(7)1-2-4(6)8;5-1-3-4-2(6)7-1/h5-11H,4,12H2,1-3H3,(H,21,27);5-11H,4,12H2,1-3H3;6-12H,5H2,1-4H3;4-6H2,1-3H3;1-2H2;(H,3,5)(H,4,6). The van der Waals surface area contributed by atoms with Crippen LogP contribution in [0.1, 0.15) is 136 Å². The molecule has 1 aliphatic rings. The number of halogens is 2. The van der Waals surface area contributed by atoms with Crippen molar-refractivity contribution in [2.45, 2.75) is 118 Å². The molecule has 3 N–H and O–H groups in total. The Labute approximate surface area is 608 Å². The van der Waals surface area contributed by atoms with Gasteiger partial charge in [0.05, 0.1) is 36.0 Å². The van der Waals surface area contributed by atoms with Gasteiger partial charge in [0.25, 0.3) is 16.6 Å². The fourth-order valence-electron chi connectivity index (χ4n) is 9.95. The van der Waals surface area contributed by atoms with Crippen molar-refractivity contribution < 1.29 is 51.2 Å². The van der Waals surface area contributed by atoms with Crippen molar-refractivity contribution in [2.24, 2.45) is 0 Å². The molecule has 1 fully saturated rings. The molecule has 3 heterocycles. The van der Waals surface area contributed by atoms with Gasteiger partial charge in [-0.2, -0.15) is 5.10 Å². The largest absolute Gasteiger partial charge is 0.320 e. The Morgan fingerprint density at radius 3 is 1.09 bits per heavy atom. The molecule has 0 aliphatic carbocycles. The topological polar surface area (TPSA) is 231 Å². The number of thioether (sulfide) groups is 1. The summed E-state index contributed by atoms with van der Waals surface area (Å²) in [6.45, 7) is 29.2. The first-order valence-electron chi connectivity index (χ1n) is 30.6. The van der Waals surface area contributed by atoms with Crippen molar-refractivity contribution in [3.8, 4) is 0 Å². The third-order valence-corrected chi connectivity index (χ3v) is 26.3. The van der Waals surface area contributed by atoms with Crippen LogP contribution in [0.15, 0.2) is 132 Å². The van der Waals surface area contributed by atoms with Crippen LogP contribution in [-0.2, 0) is 47.9 Å². The zero-order valence-corrected chi connectivity index (χ0v) is 66.8. The number of hydrogen-bond donors (Lipinski definition) is 3. The lowest BCUT2D eigenvalue weighted by Gasteiger charge is -2.19. The molecule has 28 heteroatoms. The second kappa shape index (κ2) is 41.0. The van der Waals surface area contributed by atoms with Crippen molar-refractivity contribution in [1.82, 2.24) is 29.2 Å². The average Bonchev–Trinajstić information content (AvgIpc) is 1.01. The lowest BCUT2D eigenvalue weighted by Crippen LogP contribution is -2.21. The Kier molecular flexibility index (Phi) is 35.7. The minimum atomic E-state index is -3.68. The maximum atomic E-state index is 13.6. The molecule has 0 saturated carbocycles. The number of aryl methyl sites for hydroxylation is 7. The molecule has 0 radical (unpaired) electrons. The highest BCUT2D eigenvalue weighted by Crippen LogP contribution is 2.52. The molecule has 8 aromatic rings. The smallest absolute Gasteiger partial charge is 0.300 e. The number of imide groups is 1. The number of H-pyrrole nitrogens is 3. The molecule has 96 heavy (non-hydrogen) atoms. The SMILES string of the molecule is CCN(CC)CC.CCOP(=O)(C(=O)c1c(C)cc(C)cc1C)c1ccccc1.CCOP(=O)(C(=O)c1c(C)cc(CBr)cc1C)c1ccccc1.CCOP(=O)(C(=O)c1c(C)cc(CSc2n[nH]c(=S)s2)cc1C)c1ccccc1.O=C1CCC(=O)N1Br.S=c1[nH][nH]c(=S)s1. The third kappa shape index (κ3) is 23.6. The molecule has 17 nitrogen and oxygen atoms in total. The molecule has 2 amide bonds. The Morgan fingerprint density at radius 2 is 0.854 bits per heavy atom. The third-order valence-electron chi connectivity index (χ3n) is 14.2. The van der Waals surface area contributed by atoms with E-state index in [0.717, 1.165) is 58.3 Å². The summed E-state index contributed by atoms with van der Waals surface area (Å²) in [6, 6.07) is 37.8. The van der Waals surface area contributed by atoms with Gasteiger partial charge in [0.15, 0.2) is 16.2 Å². The summed E-state index contributed by atoms with van der Waals surface area (Å²) in [7, 11) is -10.9. The molecule has 1 saturated heterocycles. The van der Waals surface area contributed by atoms with E-state index in [2.05, 4.69) is 78.1 Å². The van der Waals surface area contributed by atoms with Gasteiger partial charge in [0.1, 0.15) is 0 Å². The van der Waals surface area contributed by atoms with Crippen LogP contribution in [0.25, 0.3) is 0 Å². The molecule has 9 rings (SSSR count). The van der Waals surface area contributed by atoms with Gasteiger partial charge in [-0.15, -0.1) is 0 Å². The summed E-state index contributed by atoms with van der Waals surface area (Å²) in [6.07, 6.45) is 0.703. The van der Waals surface area contributed by atoms with Crippen LogP contribution in [0.4, 0.5) is 0 Å². The van der Waals surface area contributed by atoms with E-state index in [-0.39, 0.29) is 31.6 Å². The van der Waals surface area contributed by atoms with E-state index in [1.807, 2.05) is 103 Å². The van der Waals surface area contributed by atoms with E-state index in [9.17, 15) is 37.7 Å². The predicted octanol–water partition coefficient (Wildman–Crippen LogP) is 18.9. The summed E-state index contributed by atoms with van der Waals surface area (Å²) in [5.74, 6) is 0.415. The van der Waals surface area contributed by atoms with E-state index < -0.39 is 38.7 Å². The minimum Gasteiger partial charge on any atom is -0.320 e. The molecule has 0 spiro atoms. The van der Waals surface area contributed by atoms with Crippen molar-refractivity contribution in [1.29, 1.82) is 0 Å². The zero-order chi connectivity index (χ0) is 71.5. The van der Waals surface area contributed by atoms with Crippen LogP contribution in [0.2, 0.25) is 0 Å². The fourth-order valence-corrected chi connectivity index (χ4v) is 20.0. The molecule has 3 unspecified atom stereocenters. The van der Waals surface area contributed by atoms with E-state index in [0.29, 0.717) is 68.4 Å². The number of hydrogen-bond acceptors (Lipinski definition) is 19. The number of aromatic amines is 3. The van der Waals surface area contributed by atoms with Crippen LogP contribution in [0, 0.1) is 60.3 Å². The minimum absolute atomic E-state index is 0.144. The first kappa shape index (κ1) is 83.5. The number of alkyl halides is 1. The summed E-state index contributed by atoms with van der Waals surface area (Å²) in [5.41, 5.74) is 8.27. The molecule has 3 atom stereocenters. The first-order valence-corrected chi connectivity index (χ1v) is 41.2. The van der Waals surface area contributed by atoms with Crippen LogP contribution in [0.3, 0.4) is 0 Å². The summed E-state index contributed by atoms with van der Waals surface area (Å²) >= 11 is 25.1. The maximum Gasteiger partial charge on any atom is 0.300 e. The number of carbonyl (C=O) groups excluding carboxylic acids is 5. The second-order valence-corrected chi connectivity index (χ2v) is 34.6. The van der Waals surface area contributed by atoms with Crippen LogP contribution in [0.5, 0.6) is 0 Å². The number of aromatic nitrogens is 4. The number of benzene rings is 6. The van der Waals surface area contributed by atoms with E-state index >= 15 is 0 Å². The molecular formula is C68H83Br2N6O11P3S6. The Balaban J connectivity index is 0.000000265. The van der Waals surface area contributed by atoms with Gasteiger partial charge in [-0.1, -0.05) is 168 Å². The first-order chi connectivity index (χ1) is 45.5. The molecular weight excluding hydrogens is 1520 g/mol. The van der Waals surface area contributed by atoms with Crippen LogP contribution >= 0.6 is 125 Å². The number of carbonyl (C=O) groups is 5. The Hall–Kier alpha value is -4.91. The average molecular weight is 1610 g/mol. The van der Waals surface area contributed by atoms with Crippen molar-refractivity contribution >= 4 is 170 Å². The quantitative estimate of drug-likeness (QED) is 0.0143. The van der Waals surface area contributed by atoms with Gasteiger partial charge < -0.3 is 18.5 Å². The van der Waals surface area contributed by atoms with Crippen LogP contribution in [-0.4, -0.2) is 97.1 Å². The zero-order valence-electron chi connectivity index (χ0n) is 56.1. The van der Waals surface area contributed by atoms with Crippen molar-refractivity contribution in [3.63, 3.8) is 0 Å².